The van der Waals surface area contributed by atoms with E-state index in [0.717, 1.165) is 16.7 Å². The van der Waals surface area contributed by atoms with Crippen molar-refractivity contribution in [1.82, 2.24) is 9.88 Å². The molecule has 1 unspecified atom stereocenters. The molecule has 0 saturated carbocycles. The molecule has 30 heavy (non-hydrogen) atoms. The zero-order valence-corrected chi connectivity index (χ0v) is 16.4. The van der Waals surface area contributed by atoms with Crippen LogP contribution in [0.3, 0.4) is 0 Å². The van der Waals surface area contributed by atoms with E-state index in [4.69, 9.17) is 5.73 Å². The van der Waals surface area contributed by atoms with Crippen LogP contribution in [-0.4, -0.2) is 34.7 Å². The number of aromatic nitrogens is 1. The van der Waals surface area contributed by atoms with Gasteiger partial charge in [-0.25, -0.2) is 4.99 Å². The topological polar surface area (TPSA) is 101 Å². The minimum Gasteiger partial charge on any atom is -0.369 e. The lowest BCUT2D eigenvalue weighted by Gasteiger charge is -2.25. The molecule has 0 aliphatic carbocycles. The lowest BCUT2D eigenvalue weighted by Crippen LogP contribution is -2.42. The molecule has 1 atom stereocenters. The molecule has 4 rings (SSSR count). The van der Waals surface area contributed by atoms with Crippen LogP contribution in [0.4, 0.5) is 5.69 Å². The van der Waals surface area contributed by atoms with Crippen molar-refractivity contribution in [1.29, 1.82) is 0 Å². The quantitative estimate of drug-likeness (QED) is 0.703. The number of aliphatic imine (C=N–C) groups is 1. The Morgan fingerprint density at radius 3 is 2.67 bits per heavy atom. The molecule has 0 saturated heterocycles. The fraction of sp³-hybridized carbons (Fsp3) is 0.130. The van der Waals surface area contributed by atoms with Gasteiger partial charge in [0.2, 0.25) is 5.91 Å². The van der Waals surface area contributed by atoms with Crippen LogP contribution in [0.1, 0.15) is 28.5 Å². The van der Waals surface area contributed by atoms with Gasteiger partial charge in [0.15, 0.2) is 5.96 Å². The van der Waals surface area contributed by atoms with Crippen molar-refractivity contribution in [3.05, 3.63) is 84.2 Å². The van der Waals surface area contributed by atoms with E-state index in [1.54, 1.807) is 25.4 Å². The number of anilines is 1. The highest BCUT2D eigenvalue weighted by Crippen LogP contribution is 2.28. The van der Waals surface area contributed by atoms with Gasteiger partial charge in [0, 0.05) is 24.5 Å². The number of amides is 2. The molecule has 150 valence electrons. The molecule has 1 aliphatic rings. The number of nitrogens with one attached hydrogen (secondary N) is 1. The summed E-state index contributed by atoms with van der Waals surface area (Å²) in [4.78, 5) is 35.1. The number of pyridine rings is 1. The molecule has 2 aromatic carbocycles. The summed E-state index contributed by atoms with van der Waals surface area (Å²) in [5, 5.41) is 2.90. The summed E-state index contributed by atoms with van der Waals surface area (Å²) in [5.74, 6) is -0.219. The van der Waals surface area contributed by atoms with Crippen LogP contribution in [0.25, 0.3) is 11.1 Å². The largest absolute Gasteiger partial charge is 0.369 e. The Labute approximate surface area is 174 Å². The number of hydrogen-bond acceptors (Lipinski definition) is 5. The maximum absolute atomic E-state index is 13.0. The lowest BCUT2D eigenvalue weighted by molar-refractivity contribution is -0.127. The number of rotatable bonds is 4. The molecule has 2 amide bonds. The zero-order chi connectivity index (χ0) is 21.1. The van der Waals surface area contributed by atoms with Gasteiger partial charge in [-0.05, 0) is 29.3 Å². The van der Waals surface area contributed by atoms with Crippen molar-refractivity contribution in [2.24, 2.45) is 10.7 Å². The van der Waals surface area contributed by atoms with Crippen LogP contribution in [0.5, 0.6) is 0 Å². The van der Waals surface area contributed by atoms with Crippen LogP contribution in [-0.2, 0) is 4.79 Å². The smallest absolute Gasteiger partial charge is 0.274 e. The number of nitrogens with two attached hydrogens (primary N) is 1. The Morgan fingerprint density at radius 2 is 1.90 bits per heavy atom. The maximum atomic E-state index is 13.0. The van der Waals surface area contributed by atoms with E-state index in [0.29, 0.717) is 11.4 Å². The van der Waals surface area contributed by atoms with E-state index in [-0.39, 0.29) is 30.2 Å². The molecule has 2 heterocycles. The van der Waals surface area contributed by atoms with Gasteiger partial charge in [0.25, 0.3) is 5.91 Å². The van der Waals surface area contributed by atoms with Gasteiger partial charge in [-0.1, -0.05) is 48.5 Å². The minimum atomic E-state index is -0.375. The average Bonchev–Trinajstić information content (AvgIpc) is 2.78. The SMILES string of the molecule is CN1C(=O)CC(c2cccc(NC(=O)c3ncccc3-c3ccccc3)c2)N=C1N. The van der Waals surface area contributed by atoms with Crippen LogP contribution >= 0.6 is 0 Å². The lowest BCUT2D eigenvalue weighted by atomic mass is 10.0. The molecule has 0 bridgehead atoms. The number of hydrogen-bond donors (Lipinski definition) is 2. The average molecular weight is 399 g/mol. The normalized spacial score (nSPS) is 16.2. The van der Waals surface area contributed by atoms with E-state index in [1.165, 1.54) is 4.90 Å². The first-order valence-corrected chi connectivity index (χ1v) is 9.54. The van der Waals surface area contributed by atoms with Crippen LogP contribution in [0.15, 0.2) is 77.9 Å². The fourth-order valence-corrected chi connectivity index (χ4v) is 3.37. The second-order valence-corrected chi connectivity index (χ2v) is 7.01. The third kappa shape index (κ3) is 3.91. The number of guanidine groups is 1. The third-order valence-electron chi connectivity index (χ3n) is 5.01. The first-order chi connectivity index (χ1) is 14.5. The monoisotopic (exact) mass is 399 g/mol. The van der Waals surface area contributed by atoms with Crippen molar-refractivity contribution in [3.63, 3.8) is 0 Å². The summed E-state index contributed by atoms with van der Waals surface area (Å²) in [5.41, 5.74) is 9.26. The van der Waals surface area contributed by atoms with E-state index in [2.05, 4.69) is 15.3 Å². The zero-order valence-electron chi connectivity index (χ0n) is 16.4. The Balaban J connectivity index is 1.59. The summed E-state index contributed by atoms with van der Waals surface area (Å²) < 4.78 is 0. The van der Waals surface area contributed by atoms with Gasteiger partial charge in [0.05, 0.1) is 12.5 Å². The Bertz CT molecular complexity index is 1130. The summed E-state index contributed by atoms with van der Waals surface area (Å²) in [6, 6.07) is 20.2. The molecular weight excluding hydrogens is 378 g/mol. The van der Waals surface area contributed by atoms with E-state index in [9.17, 15) is 9.59 Å². The first kappa shape index (κ1) is 19.3. The van der Waals surface area contributed by atoms with Crippen molar-refractivity contribution in [2.45, 2.75) is 12.5 Å². The molecule has 1 aliphatic heterocycles. The number of nitrogens with zero attached hydrogens (tertiary/aromatic N) is 3. The van der Waals surface area contributed by atoms with Gasteiger partial charge in [0.1, 0.15) is 5.69 Å². The van der Waals surface area contributed by atoms with Gasteiger partial charge in [-0.2, -0.15) is 0 Å². The molecular formula is C23H21N5O2. The van der Waals surface area contributed by atoms with E-state index < -0.39 is 0 Å². The van der Waals surface area contributed by atoms with Crippen LogP contribution in [0.2, 0.25) is 0 Å². The maximum Gasteiger partial charge on any atom is 0.274 e. The highest BCUT2D eigenvalue weighted by Gasteiger charge is 2.26. The fourth-order valence-electron chi connectivity index (χ4n) is 3.37. The molecule has 0 spiro atoms. The van der Waals surface area contributed by atoms with Crippen LogP contribution in [0, 0.1) is 0 Å². The molecule has 7 heteroatoms. The van der Waals surface area contributed by atoms with Crippen LogP contribution < -0.4 is 11.1 Å². The van der Waals surface area contributed by atoms with Crippen molar-refractivity contribution >= 4 is 23.5 Å². The van der Waals surface area contributed by atoms with Gasteiger partial charge in [-0.3, -0.25) is 19.5 Å². The minimum absolute atomic E-state index is 0.0945. The molecule has 0 fully saturated rings. The molecule has 1 aromatic heterocycles. The van der Waals surface area contributed by atoms with E-state index >= 15 is 0 Å². The Kier molecular flexibility index (Phi) is 5.26. The van der Waals surface area contributed by atoms with Gasteiger partial charge in [-0.15, -0.1) is 0 Å². The molecule has 0 radical (unpaired) electrons. The number of carbonyl (C=O) groups is 2. The summed E-state index contributed by atoms with van der Waals surface area (Å²) in [7, 11) is 1.60. The van der Waals surface area contributed by atoms with E-state index in [1.807, 2.05) is 54.6 Å². The number of carbonyl (C=O) groups excluding carboxylic acids is 2. The number of benzene rings is 2. The highest BCUT2D eigenvalue weighted by molar-refractivity contribution is 6.07. The Morgan fingerprint density at radius 1 is 1.10 bits per heavy atom. The predicted molar refractivity (Wildman–Crippen MR) is 116 cm³/mol. The molecule has 3 aromatic rings. The predicted octanol–water partition coefficient (Wildman–Crippen LogP) is 3.22. The molecule has 7 nitrogen and oxygen atoms in total. The van der Waals surface area contributed by atoms with Gasteiger partial charge >= 0.3 is 0 Å². The second-order valence-electron chi connectivity index (χ2n) is 7.01. The second kappa shape index (κ2) is 8.16. The summed E-state index contributed by atoms with van der Waals surface area (Å²) >= 11 is 0. The molecule has 3 N–H and O–H groups in total. The van der Waals surface area contributed by atoms with Crippen molar-refractivity contribution < 1.29 is 9.59 Å². The van der Waals surface area contributed by atoms with Gasteiger partial charge < -0.3 is 11.1 Å². The summed E-state index contributed by atoms with van der Waals surface area (Å²) in [6.07, 6.45) is 1.83. The van der Waals surface area contributed by atoms with Crippen molar-refractivity contribution in [3.8, 4) is 11.1 Å². The van der Waals surface area contributed by atoms with Crippen molar-refractivity contribution in [2.75, 3.05) is 12.4 Å². The first-order valence-electron chi connectivity index (χ1n) is 9.54. The standard InChI is InChI=1S/C23H21N5O2/c1-28-20(29)14-19(27-23(28)24)16-9-5-10-17(13-16)26-22(30)21-18(11-6-12-25-21)15-7-3-2-4-8-15/h2-13,19H,14H2,1H3,(H2,24,27)(H,26,30). The third-order valence-corrected chi connectivity index (χ3v) is 5.01. The highest BCUT2D eigenvalue weighted by atomic mass is 16.2. The summed E-state index contributed by atoms with van der Waals surface area (Å²) in [6.45, 7) is 0. The Hall–Kier alpha value is -4.00.